The first-order chi connectivity index (χ1) is 8.61. The summed E-state index contributed by atoms with van der Waals surface area (Å²) in [4.78, 5) is 13.5. The fraction of sp³-hybridized carbons (Fsp3) is 0.929. The van der Waals surface area contributed by atoms with Crippen LogP contribution in [-0.4, -0.2) is 49.8 Å². The summed E-state index contributed by atoms with van der Waals surface area (Å²) in [6, 6.07) is 0.521. The van der Waals surface area contributed by atoms with Crippen LogP contribution in [0.1, 0.15) is 47.0 Å². The van der Waals surface area contributed by atoms with Crippen molar-refractivity contribution < 1.29 is 14.3 Å². The van der Waals surface area contributed by atoms with E-state index in [-0.39, 0.29) is 12.6 Å². The van der Waals surface area contributed by atoms with Gasteiger partial charge in [0.15, 0.2) is 0 Å². The second-order valence-electron chi connectivity index (χ2n) is 4.69. The predicted molar refractivity (Wildman–Crippen MR) is 73.7 cm³/mol. The highest BCUT2D eigenvalue weighted by atomic mass is 16.6. The predicted octanol–water partition coefficient (Wildman–Crippen LogP) is 2.47. The van der Waals surface area contributed by atoms with Gasteiger partial charge in [-0.2, -0.15) is 0 Å². The van der Waals surface area contributed by atoms with Crippen molar-refractivity contribution in [2.75, 3.05) is 32.9 Å². The van der Waals surface area contributed by atoms with Gasteiger partial charge >= 0.3 is 5.97 Å². The molecule has 0 aliphatic rings. The first-order valence-corrected chi connectivity index (χ1v) is 7.09. The van der Waals surface area contributed by atoms with E-state index in [4.69, 9.17) is 9.47 Å². The van der Waals surface area contributed by atoms with Crippen LogP contribution in [0.5, 0.6) is 0 Å². The van der Waals surface area contributed by atoms with Crippen molar-refractivity contribution >= 4 is 5.97 Å². The Hall–Kier alpha value is -0.610. The molecule has 4 nitrogen and oxygen atoms in total. The Bertz CT molecular complexity index is 207. The van der Waals surface area contributed by atoms with E-state index in [9.17, 15) is 4.79 Å². The van der Waals surface area contributed by atoms with Crippen molar-refractivity contribution in [1.29, 1.82) is 0 Å². The zero-order valence-corrected chi connectivity index (χ0v) is 12.4. The summed E-state index contributed by atoms with van der Waals surface area (Å²) in [5, 5.41) is 0. The monoisotopic (exact) mass is 259 g/mol. The Morgan fingerprint density at radius 1 is 1.17 bits per heavy atom. The fourth-order valence-electron chi connectivity index (χ4n) is 1.73. The summed E-state index contributed by atoms with van der Waals surface area (Å²) in [5.41, 5.74) is 0. The van der Waals surface area contributed by atoms with Gasteiger partial charge in [0.1, 0.15) is 6.61 Å². The molecule has 0 saturated carbocycles. The Morgan fingerprint density at radius 3 is 2.44 bits per heavy atom. The zero-order chi connectivity index (χ0) is 13.8. The molecule has 0 fully saturated rings. The Balaban J connectivity index is 3.66. The minimum atomic E-state index is -0.278. The van der Waals surface area contributed by atoms with Gasteiger partial charge in [-0.05, 0) is 33.7 Å². The molecule has 0 atom stereocenters. The molecule has 0 heterocycles. The Kier molecular flexibility index (Phi) is 11.1. The standard InChI is InChI=1S/C14H29NO3/c1-5-7-8-9-15(13(3)4)10-11-17-12-14(16)18-6-2/h13H,5-12H2,1-4H3. The largest absolute Gasteiger partial charge is 0.464 e. The number of hydrogen-bond donors (Lipinski definition) is 0. The van der Waals surface area contributed by atoms with Crippen molar-refractivity contribution in [3.8, 4) is 0 Å². The average molecular weight is 259 g/mol. The second-order valence-corrected chi connectivity index (χ2v) is 4.69. The van der Waals surface area contributed by atoms with Crippen LogP contribution in [0, 0.1) is 0 Å². The van der Waals surface area contributed by atoms with E-state index in [0.717, 1.165) is 13.1 Å². The second kappa shape index (κ2) is 11.5. The van der Waals surface area contributed by atoms with Crippen LogP contribution in [-0.2, 0) is 14.3 Å². The van der Waals surface area contributed by atoms with E-state index in [2.05, 4.69) is 25.7 Å². The maximum Gasteiger partial charge on any atom is 0.332 e. The summed E-state index contributed by atoms with van der Waals surface area (Å²) >= 11 is 0. The molecular formula is C14H29NO3. The van der Waals surface area contributed by atoms with Crippen LogP contribution >= 0.6 is 0 Å². The SMILES string of the molecule is CCCCCN(CCOCC(=O)OCC)C(C)C. The molecule has 0 aromatic rings. The maximum atomic E-state index is 11.1. The highest BCUT2D eigenvalue weighted by molar-refractivity contribution is 5.70. The lowest BCUT2D eigenvalue weighted by molar-refractivity contribution is -0.148. The molecular weight excluding hydrogens is 230 g/mol. The van der Waals surface area contributed by atoms with Crippen molar-refractivity contribution in [1.82, 2.24) is 4.90 Å². The lowest BCUT2D eigenvalue weighted by atomic mass is 10.2. The van der Waals surface area contributed by atoms with Crippen molar-refractivity contribution in [2.24, 2.45) is 0 Å². The van der Waals surface area contributed by atoms with Crippen LogP contribution in [0.15, 0.2) is 0 Å². The first-order valence-electron chi connectivity index (χ1n) is 7.09. The average Bonchev–Trinajstić information content (AvgIpc) is 2.32. The molecule has 0 radical (unpaired) electrons. The molecule has 0 spiro atoms. The quantitative estimate of drug-likeness (QED) is 0.422. The number of unbranched alkanes of at least 4 members (excludes halogenated alkanes) is 2. The Morgan fingerprint density at radius 2 is 1.89 bits per heavy atom. The van der Waals surface area contributed by atoms with Gasteiger partial charge in [-0.3, -0.25) is 4.90 Å². The van der Waals surface area contributed by atoms with Gasteiger partial charge in [-0.15, -0.1) is 0 Å². The van der Waals surface area contributed by atoms with Crippen LogP contribution in [0.4, 0.5) is 0 Å². The molecule has 0 saturated heterocycles. The maximum absolute atomic E-state index is 11.1. The van der Waals surface area contributed by atoms with Gasteiger partial charge in [-0.1, -0.05) is 19.8 Å². The summed E-state index contributed by atoms with van der Waals surface area (Å²) in [6.45, 7) is 11.4. The number of rotatable bonds is 11. The third kappa shape index (κ3) is 9.42. The molecule has 18 heavy (non-hydrogen) atoms. The number of ether oxygens (including phenoxy) is 2. The van der Waals surface area contributed by atoms with Crippen molar-refractivity contribution in [3.05, 3.63) is 0 Å². The summed E-state index contributed by atoms with van der Waals surface area (Å²) < 4.78 is 10.1. The van der Waals surface area contributed by atoms with Gasteiger partial charge in [0.2, 0.25) is 0 Å². The molecule has 0 aromatic carbocycles. The molecule has 108 valence electrons. The van der Waals surface area contributed by atoms with Crippen LogP contribution in [0.2, 0.25) is 0 Å². The van der Waals surface area contributed by atoms with Crippen molar-refractivity contribution in [3.63, 3.8) is 0 Å². The number of hydrogen-bond acceptors (Lipinski definition) is 4. The minimum Gasteiger partial charge on any atom is -0.464 e. The van der Waals surface area contributed by atoms with Gasteiger partial charge < -0.3 is 9.47 Å². The third-order valence-corrected chi connectivity index (χ3v) is 2.83. The lowest BCUT2D eigenvalue weighted by Gasteiger charge is -2.26. The van der Waals surface area contributed by atoms with Crippen molar-refractivity contribution in [2.45, 2.75) is 53.0 Å². The zero-order valence-electron chi connectivity index (χ0n) is 12.4. The molecule has 0 aliphatic carbocycles. The van der Waals surface area contributed by atoms with Gasteiger partial charge in [0.25, 0.3) is 0 Å². The normalized spacial score (nSPS) is 11.2. The Labute approximate surface area is 112 Å². The number of esters is 1. The summed E-state index contributed by atoms with van der Waals surface area (Å²) in [5.74, 6) is -0.278. The van der Waals surface area contributed by atoms with E-state index < -0.39 is 0 Å². The molecule has 0 N–H and O–H groups in total. The molecule has 0 amide bonds. The third-order valence-electron chi connectivity index (χ3n) is 2.83. The molecule has 0 bridgehead atoms. The number of carbonyl (C=O) groups excluding carboxylic acids is 1. The summed E-state index contributed by atoms with van der Waals surface area (Å²) in [7, 11) is 0. The molecule has 0 aromatic heterocycles. The lowest BCUT2D eigenvalue weighted by Crippen LogP contribution is -2.35. The highest BCUT2D eigenvalue weighted by Crippen LogP contribution is 2.03. The topological polar surface area (TPSA) is 38.8 Å². The van der Waals surface area contributed by atoms with E-state index in [1.807, 2.05) is 0 Å². The van der Waals surface area contributed by atoms with E-state index in [1.165, 1.54) is 19.3 Å². The minimum absolute atomic E-state index is 0.0642. The van der Waals surface area contributed by atoms with E-state index in [0.29, 0.717) is 19.3 Å². The first kappa shape index (κ1) is 17.4. The number of nitrogens with zero attached hydrogens (tertiary/aromatic N) is 1. The molecule has 0 rings (SSSR count). The van der Waals surface area contributed by atoms with Crippen LogP contribution < -0.4 is 0 Å². The smallest absolute Gasteiger partial charge is 0.332 e. The molecule has 0 aliphatic heterocycles. The molecule has 4 heteroatoms. The van der Waals surface area contributed by atoms with Gasteiger partial charge in [0, 0.05) is 12.6 Å². The number of carbonyl (C=O) groups is 1. The fourth-order valence-corrected chi connectivity index (χ4v) is 1.73. The highest BCUT2D eigenvalue weighted by Gasteiger charge is 2.09. The van der Waals surface area contributed by atoms with E-state index in [1.54, 1.807) is 6.92 Å². The van der Waals surface area contributed by atoms with Gasteiger partial charge in [-0.25, -0.2) is 4.79 Å². The van der Waals surface area contributed by atoms with Crippen LogP contribution in [0.3, 0.4) is 0 Å². The van der Waals surface area contributed by atoms with Gasteiger partial charge in [0.05, 0.1) is 13.2 Å². The van der Waals surface area contributed by atoms with Crippen LogP contribution in [0.25, 0.3) is 0 Å². The summed E-state index contributed by atoms with van der Waals surface area (Å²) in [6.07, 6.45) is 3.74. The van der Waals surface area contributed by atoms with E-state index >= 15 is 0 Å². The molecule has 0 unspecified atom stereocenters.